The van der Waals surface area contributed by atoms with Crippen LogP contribution in [-0.4, -0.2) is 47.7 Å². The number of methoxy groups -OCH3 is 1. The fourth-order valence-electron chi connectivity index (χ4n) is 3.16. The summed E-state index contributed by atoms with van der Waals surface area (Å²) in [7, 11) is 1.58. The third-order valence-electron chi connectivity index (χ3n) is 4.79. The molecule has 0 aliphatic carbocycles. The molecule has 2 N–H and O–H groups in total. The van der Waals surface area contributed by atoms with E-state index >= 15 is 0 Å². The molecule has 1 aliphatic rings. The Hall–Kier alpha value is -3.22. The first-order valence-electron chi connectivity index (χ1n) is 8.73. The van der Waals surface area contributed by atoms with E-state index in [4.69, 9.17) is 10.5 Å². The number of amides is 2. The van der Waals surface area contributed by atoms with Crippen LogP contribution < -0.4 is 10.5 Å². The standard InChI is InChI=1S/C20H21N3O4/c1-27-16-5-2-13(3-6-16)18(24)14-8-10-23(11-9-14)20(26)17-7-4-15(12-22-17)19(21)25/h2-7,12,14H,8-11H2,1H3,(H2,21,25). The molecule has 0 spiro atoms. The molecule has 1 saturated heterocycles. The lowest BCUT2D eigenvalue weighted by Gasteiger charge is -2.31. The molecule has 0 saturated carbocycles. The molecule has 7 nitrogen and oxygen atoms in total. The van der Waals surface area contributed by atoms with E-state index in [1.807, 2.05) is 0 Å². The molecule has 0 radical (unpaired) electrons. The van der Waals surface area contributed by atoms with E-state index in [-0.39, 0.29) is 28.9 Å². The molecule has 1 fully saturated rings. The summed E-state index contributed by atoms with van der Waals surface area (Å²) in [6, 6.07) is 10.1. The lowest BCUT2D eigenvalue weighted by atomic mass is 9.88. The maximum absolute atomic E-state index is 12.6. The van der Waals surface area contributed by atoms with Crippen molar-refractivity contribution in [2.45, 2.75) is 12.8 Å². The molecule has 27 heavy (non-hydrogen) atoms. The number of hydrogen-bond acceptors (Lipinski definition) is 5. The maximum atomic E-state index is 12.6. The second-order valence-electron chi connectivity index (χ2n) is 6.46. The summed E-state index contributed by atoms with van der Waals surface area (Å²) in [5, 5.41) is 0. The molecule has 7 heteroatoms. The minimum absolute atomic E-state index is 0.0914. The van der Waals surface area contributed by atoms with E-state index in [0.29, 0.717) is 37.2 Å². The van der Waals surface area contributed by atoms with Crippen molar-refractivity contribution in [3.63, 3.8) is 0 Å². The van der Waals surface area contributed by atoms with Crippen molar-refractivity contribution in [3.05, 3.63) is 59.4 Å². The van der Waals surface area contributed by atoms with Crippen LogP contribution >= 0.6 is 0 Å². The normalized spacial score (nSPS) is 14.6. The molecule has 3 rings (SSSR count). The summed E-state index contributed by atoms with van der Waals surface area (Å²) in [5.41, 5.74) is 6.36. The quantitative estimate of drug-likeness (QED) is 0.814. The van der Waals surface area contributed by atoms with E-state index < -0.39 is 5.91 Å². The second kappa shape index (κ2) is 7.99. The average molecular weight is 367 g/mol. The van der Waals surface area contributed by atoms with Gasteiger partial charge in [0.1, 0.15) is 11.4 Å². The highest BCUT2D eigenvalue weighted by Crippen LogP contribution is 2.24. The molecule has 140 valence electrons. The number of nitrogens with two attached hydrogens (primary N) is 1. The van der Waals surface area contributed by atoms with E-state index in [1.54, 1.807) is 36.3 Å². The van der Waals surface area contributed by atoms with Gasteiger partial charge in [-0.2, -0.15) is 0 Å². The fourth-order valence-corrected chi connectivity index (χ4v) is 3.16. The highest BCUT2D eigenvalue weighted by molar-refractivity contribution is 5.98. The van der Waals surface area contributed by atoms with Crippen molar-refractivity contribution in [1.29, 1.82) is 0 Å². The Kier molecular flexibility index (Phi) is 5.49. The van der Waals surface area contributed by atoms with Gasteiger partial charge in [-0.3, -0.25) is 19.4 Å². The third kappa shape index (κ3) is 4.13. The highest BCUT2D eigenvalue weighted by atomic mass is 16.5. The minimum Gasteiger partial charge on any atom is -0.497 e. The topological polar surface area (TPSA) is 103 Å². The van der Waals surface area contributed by atoms with Gasteiger partial charge in [0, 0.05) is 30.8 Å². The number of nitrogens with zero attached hydrogens (tertiary/aromatic N) is 2. The first-order chi connectivity index (χ1) is 13.0. The Morgan fingerprint density at radius 1 is 1.04 bits per heavy atom. The van der Waals surface area contributed by atoms with Crippen molar-refractivity contribution in [1.82, 2.24) is 9.88 Å². The fraction of sp³-hybridized carbons (Fsp3) is 0.300. The van der Waals surface area contributed by atoms with Gasteiger partial charge in [0.05, 0.1) is 12.7 Å². The van der Waals surface area contributed by atoms with Crippen LogP contribution in [-0.2, 0) is 0 Å². The summed E-state index contributed by atoms with van der Waals surface area (Å²) in [4.78, 5) is 42.0. The molecule has 0 atom stereocenters. The predicted octanol–water partition coefficient (Wildman–Crippen LogP) is 1.92. The second-order valence-corrected chi connectivity index (χ2v) is 6.46. The first kappa shape index (κ1) is 18.6. The van der Waals surface area contributed by atoms with Gasteiger partial charge in [0.25, 0.3) is 5.91 Å². The van der Waals surface area contributed by atoms with Crippen molar-refractivity contribution < 1.29 is 19.1 Å². The molecule has 0 bridgehead atoms. The number of pyridine rings is 1. The molecular formula is C20H21N3O4. The van der Waals surface area contributed by atoms with Crippen molar-refractivity contribution in [2.24, 2.45) is 11.7 Å². The number of rotatable bonds is 5. The highest BCUT2D eigenvalue weighted by Gasteiger charge is 2.28. The Morgan fingerprint density at radius 2 is 1.67 bits per heavy atom. The van der Waals surface area contributed by atoms with Gasteiger partial charge in [-0.1, -0.05) is 0 Å². The van der Waals surface area contributed by atoms with Crippen LogP contribution in [0.3, 0.4) is 0 Å². The number of likely N-dealkylation sites (tertiary alicyclic amines) is 1. The lowest BCUT2D eigenvalue weighted by molar-refractivity contribution is 0.0645. The Balaban J connectivity index is 1.59. The first-order valence-corrected chi connectivity index (χ1v) is 8.73. The molecule has 1 aliphatic heterocycles. The molecule has 0 unspecified atom stereocenters. The zero-order valence-electron chi connectivity index (χ0n) is 15.1. The van der Waals surface area contributed by atoms with Crippen molar-refractivity contribution >= 4 is 17.6 Å². The summed E-state index contributed by atoms with van der Waals surface area (Å²) in [6.07, 6.45) is 2.52. The van der Waals surface area contributed by atoms with Crippen LogP contribution in [0.25, 0.3) is 0 Å². The number of carbonyl (C=O) groups excluding carboxylic acids is 3. The maximum Gasteiger partial charge on any atom is 0.272 e. The van der Waals surface area contributed by atoms with E-state index in [2.05, 4.69) is 4.98 Å². The van der Waals surface area contributed by atoms with Crippen molar-refractivity contribution in [2.75, 3.05) is 20.2 Å². The van der Waals surface area contributed by atoms with Crippen molar-refractivity contribution in [3.8, 4) is 5.75 Å². The van der Waals surface area contributed by atoms with Crippen LogP contribution in [0.5, 0.6) is 5.75 Å². The monoisotopic (exact) mass is 367 g/mol. The SMILES string of the molecule is COc1ccc(C(=O)C2CCN(C(=O)c3ccc(C(N)=O)cn3)CC2)cc1. The Labute approximate surface area is 157 Å². The van der Waals surface area contributed by atoms with Crippen LogP contribution in [0.4, 0.5) is 0 Å². The van der Waals surface area contributed by atoms with E-state index in [1.165, 1.54) is 18.3 Å². The summed E-state index contributed by atoms with van der Waals surface area (Å²) in [5.74, 6) is -0.0936. The number of ether oxygens (including phenoxy) is 1. The van der Waals surface area contributed by atoms with Crippen LogP contribution in [0.2, 0.25) is 0 Å². The number of carbonyl (C=O) groups is 3. The summed E-state index contributed by atoms with van der Waals surface area (Å²) in [6.45, 7) is 0.981. The van der Waals surface area contributed by atoms with E-state index in [9.17, 15) is 14.4 Å². The number of piperidine rings is 1. The molecule has 2 heterocycles. The Bertz CT molecular complexity index is 839. The van der Waals surface area contributed by atoms with Gasteiger partial charge in [0.2, 0.25) is 5.91 Å². The Morgan fingerprint density at radius 3 is 2.19 bits per heavy atom. The smallest absolute Gasteiger partial charge is 0.272 e. The predicted molar refractivity (Wildman–Crippen MR) is 98.7 cm³/mol. The molecular weight excluding hydrogens is 346 g/mol. The van der Waals surface area contributed by atoms with Gasteiger partial charge in [-0.05, 0) is 49.2 Å². The average Bonchev–Trinajstić information content (AvgIpc) is 2.73. The van der Waals surface area contributed by atoms with Gasteiger partial charge in [-0.25, -0.2) is 0 Å². The molecule has 1 aromatic heterocycles. The lowest BCUT2D eigenvalue weighted by Crippen LogP contribution is -2.40. The summed E-state index contributed by atoms with van der Waals surface area (Å²) >= 11 is 0. The van der Waals surface area contributed by atoms with Gasteiger partial charge < -0.3 is 15.4 Å². The minimum atomic E-state index is -0.584. The number of ketones is 1. The molecule has 2 amide bonds. The van der Waals surface area contributed by atoms with Crippen LogP contribution in [0, 0.1) is 5.92 Å². The number of benzene rings is 1. The largest absolute Gasteiger partial charge is 0.497 e. The van der Waals surface area contributed by atoms with Gasteiger partial charge in [0.15, 0.2) is 5.78 Å². The number of primary amides is 1. The molecule has 2 aromatic rings. The summed E-state index contributed by atoms with van der Waals surface area (Å²) < 4.78 is 5.11. The zero-order chi connectivity index (χ0) is 19.4. The number of hydrogen-bond donors (Lipinski definition) is 1. The van der Waals surface area contributed by atoms with E-state index in [0.717, 1.165) is 0 Å². The number of aromatic nitrogens is 1. The number of Topliss-reactive ketones (excluding diaryl/α,β-unsaturated/α-hetero) is 1. The van der Waals surface area contributed by atoms with Crippen LogP contribution in [0.1, 0.15) is 44.0 Å². The van der Waals surface area contributed by atoms with Crippen LogP contribution in [0.15, 0.2) is 42.6 Å². The third-order valence-corrected chi connectivity index (χ3v) is 4.79. The van der Waals surface area contributed by atoms with Gasteiger partial charge in [-0.15, -0.1) is 0 Å². The zero-order valence-corrected chi connectivity index (χ0v) is 15.1. The van der Waals surface area contributed by atoms with Gasteiger partial charge >= 0.3 is 0 Å². The molecule has 1 aromatic carbocycles.